The maximum atomic E-state index is 12.7. The highest BCUT2D eigenvalue weighted by atomic mass is 32.2. The summed E-state index contributed by atoms with van der Waals surface area (Å²) in [7, 11) is -2.15. The predicted octanol–water partition coefficient (Wildman–Crippen LogP) is 2.04. The van der Waals surface area contributed by atoms with Crippen LogP contribution in [-0.4, -0.2) is 68.7 Å². The molecule has 0 aromatic heterocycles. The second kappa shape index (κ2) is 11.3. The molecule has 1 aliphatic rings. The summed E-state index contributed by atoms with van der Waals surface area (Å²) in [5.41, 5.74) is 1.69. The lowest BCUT2D eigenvalue weighted by atomic mass is 9.98. The number of nitrogens with zero attached hydrogens (tertiary/aromatic N) is 2. The van der Waals surface area contributed by atoms with Crippen molar-refractivity contribution in [2.24, 2.45) is 5.92 Å². The van der Waals surface area contributed by atoms with Crippen molar-refractivity contribution in [2.45, 2.75) is 24.7 Å². The van der Waals surface area contributed by atoms with Crippen LogP contribution in [0.15, 0.2) is 59.5 Å². The summed E-state index contributed by atoms with van der Waals surface area (Å²) in [6.07, 6.45) is 0.627. The molecule has 3 rings (SSSR count). The molecule has 1 aliphatic heterocycles. The van der Waals surface area contributed by atoms with E-state index in [1.807, 2.05) is 19.1 Å². The Hall–Kier alpha value is -3.24. The number of sulfonamides is 1. The number of hydrogen-bond acceptors (Lipinski definition) is 6. The molecule has 1 fully saturated rings. The Bertz CT molecular complexity index is 1110. The van der Waals surface area contributed by atoms with Crippen molar-refractivity contribution in [1.82, 2.24) is 9.21 Å². The third-order valence-electron chi connectivity index (χ3n) is 5.65. The molecule has 0 bridgehead atoms. The van der Waals surface area contributed by atoms with Gasteiger partial charge < -0.3 is 15.0 Å². The van der Waals surface area contributed by atoms with Gasteiger partial charge in [0.05, 0.1) is 17.4 Å². The molecule has 34 heavy (non-hydrogen) atoms. The van der Waals surface area contributed by atoms with Crippen molar-refractivity contribution in [3.8, 4) is 0 Å². The van der Waals surface area contributed by atoms with Gasteiger partial charge in [-0.3, -0.25) is 14.4 Å². The first-order chi connectivity index (χ1) is 16.2. The van der Waals surface area contributed by atoms with Crippen LogP contribution < -0.4 is 5.32 Å². The summed E-state index contributed by atoms with van der Waals surface area (Å²) < 4.78 is 31.9. The first kappa shape index (κ1) is 25.4. The Labute approximate surface area is 199 Å². The standard InChI is InChI=1S/C24H29N3O6S/c1-18-8-10-20(11-9-18)25-22(28)16-26(2)23(29)17-33-24(30)19-12-14-27(15-13-19)34(31,32)21-6-4-3-5-7-21/h3-11,19H,12-17H2,1-2H3,(H,25,28). The van der Waals surface area contributed by atoms with E-state index >= 15 is 0 Å². The zero-order valence-electron chi connectivity index (χ0n) is 19.3. The lowest BCUT2D eigenvalue weighted by molar-refractivity contribution is -0.156. The number of hydrogen-bond donors (Lipinski definition) is 1. The molecular weight excluding hydrogens is 458 g/mol. The van der Waals surface area contributed by atoms with Gasteiger partial charge in [0.25, 0.3) is 5.91 Å². The number of amides is 2. The van der Waals surface area contributed by atoms with Crippen LogP contribution in [0.5, 0.6) is 0 Å². The zero-order valence-corrected chi connectivity index (χ0v) is 20.1. The van der Waals surface area contributed by atoms with Gasteiger partial charge in [0.15, 0.2) is 6.61 Å². The molecule has 0 aliphatic carbocycles. The third-order valence-corrected chi connectivity index (χ3v) is 7.56. The van der Waals surface area contributed by atoms with Crippen LogP contribution in [0.3, 0.4) is 0 Å². The molecule has 2 aromatic rings. The summed E-state index contributed by atoms with van der Waals surface area (Å²) in [6, 6.07) is 15.4. The number of aryl methyl sites for hydroxylation is 1. The molecule has 10 heteroatoms. The SMILES string of the molecule is Cc1ccc(NC(=O)CN(C)C(=O)COC(=O)C2CCN(S(=O)(=O)c3ccccc3)CC2)cc1. The van der Waals surface area contributed by atoms with Gasteiger partial charge >= 0.3 is 5.97 Å². The van der Waals surface area contributed by atoms with Crippen LogP contribution in [-0.2, 0) is 29.1 Å². The normalized spacial score (nSPS) is 14.9. The van der Waals surface area contributed by atoms with Gasteiger partial charge in [-0.2, -0.15) is 4.31 Å². The van der Waals surface area contributed by atoms with E-state index < -0.39 is 34.4 Å². The van der Waals surface area contributed by atoms with Gasteiger partial charge in [-0.05, 0) is 44.0 Å². The minimum absolute atomic E-state index is 0.181. The summed E-state index contributed by atoms with van der Waals surface area (Å²) in [6.45, 7) is 1.68. The number of benzene rings is 2. The molecule has 2 amide bonds. The quantitative estimate of drug-likeness (QED) is 0.570. The molecule has 0 saturated carbocycles. The Kier molecular flexibility index (Phi) is 8.41. The van der Waals surface area contributed by atoms with Crippen LogP contribution >= 0.6 is 0 Å². The molecule has 9 nitrogen and oxygen atoms in total. The molecule has 1 N–H and O–H groups in total. The Morgan fingerprint density at radius 1 is 1.03 bits per heavy atom. The Morgan fingerprint density at radius 2 is 1.65 bits per heavy atom. The van der Waals surface area contributed by atoms with Crippen molar-refractivity contribution in [3.05, 3.63) is 60.2 Å². The summed E-state index contributed by atoms with van der Waals surface area (Å²) in [5.74, 6) is -1.89. The van der Waals surface area contributed by atoms with Crippen molar-refractivity contribution < 1.29 is 27.5 Å². The number of rotatable bonds is 8. The van der Waals surface area contributed by atoms with Crippen LogP contribution in [0.1, 0.15) is 18.4 Å². The lowest BCUT2D eigenvalue weighted by Gasteiger charge is -2.30. The second-order valence-electron chi connectivity index (χ2n) is 8.26. The van der Waals surface area contributed by atoms with Crippen molar-refractivity contribution in [3.63, 3.8) is 0 Å². The van der Waals surface area contributed by atoms with Gasteiger partial charge in [0.2, 0.25) is 15.9 Å². The van der Waals surface area contributed by atoms with Gasteiger partial charge in [-0.1, -0.05) is 35.9 Å². The molecule has 0 unspecified atom stereocenters. The zero-order chi connectivity index (χ0) is 24.7. The minimum atomic E-state index is -3.60. The first-order valence-electron chi connectivity index (χ1n) is 11.0. The molecule has 182 valence electrons. The molecule has 1 saturated heterocycles. The highest BCUT2D eigenvalue weighted by Gasteiger charge is 2.33. The summed E-state index contributed by atoms with van der Waals surface area (Å²) >= 11 is 0. The largest absolute Gasteiger partial charge is 0.455 e. The number of piperidine rings is 1. The smallest absolute Gasteiger partial charge is 0.309 e. The average molecular weight is 488 g/mol. The van der Waals surface area contributed by atoms with Crippen LogP contribution in [0.4, 0.5) is 5.69 Å². The number of ether oxygens (including phenoxy) is 1. The topological polar surface area (TPSA) is 113 Å². The van der Waals surface area contributed by atoms with Crippen LogP contribution in [0.2, 0.25) is 0 Å². The first-order valence-corrected chi connectivity index (χ1v) is 12.4. The number of esters is 1. The van der Waals surface area contributed by atoms with E-state index in [1.54, 1.807) is 42.5 Å². The van der Waals surface area contributed by atoms with Crippen LogP contribution in [0, 0.1) is 12.8 Å². The average Bonchev–Trinajstić information content (AvgIpc) is 2.84. The molecule has 0 atom stereocenters. The number of nitrogens with one attached hydrogen (secondary N) is 1. The fourth-order valence-electron chi connectivity index (χ4n) is 3.58. The number of carbonyl (C=O) groups excluding carboxylic acids is 3. The van der Waals surface area contributed by atoms with Crippen molar-refractivity contribution >= 4 is 33.5 Å². The van der Waals surface area contributed by atoms with Gasteiger partial charge in [0, 0.05) is 25.8 Å². The molecule has 2 aromatic carbocycles. The van der Waals surface area contributed by atoms with Gasteiger partial charge in [0.1, 0.15) is 0 Å². The highest BCUT2D eigenvalue weighted by Crippen LogP contribution is 2.24. The number of likely N-dealkylation sites (N-methyl/N-ethyl adjacent to an activating group) is 1. The summed E-state index contributed by atoms with van der Waals surface area (Å²) in [5, 5.41) is 2.71. The van der Waals surface area contributed by atoms with E-state index in [4.69, 9.17) is 4.74 Å². The second-order valence-corrected chi connectivity index (χ2v) is 10.2. The van der Waals surface area contributed by atoms with E-state index in [2.05, 4.69) is 5.32 Å². The van der Waals surface area contributed by atoms with Crippen molar-refractivity contribution in [1.29, 1.82) is 0 Å². The fraction of sp³-hybridized carbons (Fsp3) is 0.375. The highest BCUT2D eigenvalue weighted by molar-refractivity contribution is 7.89. The van der Waals surface area contributed by atoms with Crippen molar-refractivity contribution in [2.75, 3.05) is 38.6 Å². The third kappa shape index (κ3) is 6.64. The van der Waals surface area contributed by atoms with Crippen LogP contribution in [0.25, 0.3) is 0 Å². The number of carbonyl (C=O) groups is 3. The maximum Gasteiger partial charge on any atom is 0.309 e. The van der Waals surface area contributed by atoms with E-state index in [-0.39, 0.29) is 30.4 Å². The fourth-order valence-corrected chi connectivity index (χ4v) is 5.07. The maximum absolute atomic E-state index is 12.7. The molecule has 0 radical (unpaired) electrons. The Balaban J connectivity index is 1.41. The molecular formula is C24H29N3O6S. The van der Waals surface area contributed by atoms with Gasteiger partial charge in [-0.15, -0.1) is 0 Å². The monoisotopic (exact) mass is 487 g/mol. The summed E-state index contributed by atoms with van der Waals surface area (Å²) in [4.78, 5) is 38.2. The Morgan fingerprint density at radius 3 is 2.26 bits per heavy atom. The van der Waals surface area contributed by atoms with E-state index in [0.717, 1.165) is 5.56 Å². The molecule has 0 spiro atoms. The molecule has 1 heterocycles. The minimum Gasteiger partial charge on any atom is -0.455 e. The van der Waals surface area contributed by atoms with E-state index in [9.17, 15) is 22.8 Å². The van der Waals surface area contributed by atoms with E-state index in [1.165, 1.54) is 16.3 Å². The lowest BCUT2D eigenvalue weighted by Crippen LogP contribution is -2.41. The predicted molar refractivity (Wildman–Crippen MR) is 126 cm³/mol. The number of anilines is 1. The van der Waals surface area contributed by atoms with Gasteiger partial charge in [-0.25, -0.2) is 8.42 Å². The van der Waals surface area contributed by atoms with E-state index in [0.29, 0.717) is 18.5 Å².